The lowest BCUT2D eigenvalue weighted by molar-refractivity contribution is 0.0790. The molecular formula is C18H19N5O2. The van der Waals surface area contributed by atoms with E-state index in [2.05, 4.69) is 15.1 Å². The van der Waals surface area contributed by atoms with E-state index in [1.165, 1.54) is 4.52 Å². The number of H-pyrrole nitrogens is 1. The van der Waals surface area contributed by atoms with Gasteiger partial charge in [0.15, 0.2) is 5.65 Å². The van der Waals surface area contributed by atoms with Crippen LogP contribution < -0.4 is 5.56 Å². The highest BCUT2D eigenvalue weighted by Gasteiger charge is 2.29. The number of nitrogens with zero attached hydrogens (tertiary/aromatic N) is 4. The molecule has 25 heavy (non-hydrogen) atoms. The van der Waals surface area contributed by atoms with Gasteiger partial charge in [-0.05, 0) is 32.4 Å². The molecule has 128 valence electrons. The predicted octanol–water partition coefficient (Wildman–Crippen LogP) is 1.66. The molecule has 0 saturated carbocycles. The molecule has 1 fully saturated rings. The molecule has 1 saturated heterocycles. The molecule has 1 aliphatic heterocycles. The average molecular weight is 337 g/mol. The summed E-state index contributed by atoms with van der Waals surface area (Å²) in [5, 5.41) is 3.16. The maximum atomic E-state index is 12.5. The fourth-order valence-corrected chi connectivity index (χ4v) is 3.32. The number of carbonyl (C=O) groups excluding carboxylic acids is 1. The van der Waals surface area contributed by atoms with Crippen LogP contribution in [0.25, 0.3) is 5.65 Å². The molecule has 0 aliphatic carbocycles. The van der Waals surface area contributed by atoms with Gasteiger partial charge in [-0.2, -0.15) is 0 Å². The van der Waals surface area contributed by atoms with E-state index in [0.29, 0.717) is 29.9 Å². The van der Waals surface area contributed by atoms with Crippen molar-refractivity contribution in [2.75, 3.05) is 13.1 Å². The SMILES string of the molecule is Cc1nc2cc([C@@H]3CCN(C(=O)c4cccnc4)C3)[nH]n2c(=O)c1C. The van der Waals surface area contributed by atoms with E-state index < -0.39 is 0 Å². The first-order valence-corrected chi connectivity index (χ1v) is 8.33. The van der Waals surface area contributed by atoms with Crippen LogP contribution in [0.1, 0.15) is 39.6 Å². The van der Waals surface area contributed by atoms with Crippen molar-refractivity contribution in [1.29, 1.82) is 0 Å². The van der Waals surface area contributed by atoms with Crippen LogP contribution in [0.15, 0.2) is 35.4 Å². The van der Waals surface area contributed by atoms with Crippen molar-refractivity contribution < 1.29 is 4.79 Å². The van der Waals surface area contributed by atoms with Gasteiger partial charge >= 0.3 is 0 Å². The number of likely N-dealkylation sites (tertiary alicyclic amines) is 1. The fraction of sp³-hybridized carbons (Fsp3) is 0.333. The minimum atomic E-state index is -0.0740. The molecule has 4 heterocycles. The first-order chi connectivity index (χ1) is 12.0. The fourth-order valence-electron chi connectivity index (χ4n) is 3.32. The van der Waals surface area contributed by atoms with Crippen molar-refractivity contribution in [2.45, 2.75) is 26.2 Å². The van der Waals surface area contributed by atoms with Crippen LogP contribution in [0.4, 0.5) is 0 Å². The van der Waals surface area contributed by atoms with Gasteiger partial charge in [0, 0.05) is 54.4 Å². The molecule has 0 aromatic carbocycles. The van der Waals surface area contributed by atoms with Crippen molar-refractivity contribution >= 4 is 11.6 Å². The lowest BCUT2D eigenvalue weighted by Crippen LogP contribution is -2.28. The third kappa shape index (κ3) is 2.61. The Kier molecular flexibility index (Phi) is 3.63. The zero-order chi connectivity index (χ0) is 17.6. The molecule has 4 rings (SSSR count). The van der Waals surface area contributed by atoms with E-state index >= 15 is 0 Å². The summed E-state index contributed by atoms with van der Waals surface area (Å²) in [6.07, 6.45) is 4.10. The van der Waals surface area contributed by atoms with Crippen molar-refractivity contribution in [3.05, 3.63) is 63.5 Å². The molecule has 0 bridgehead atoms. The highest BCUT2D eigenvalue weighted by atomic mass is 16.2. The number of carbonyl (C=O) groups is 1. The number of fused-ring (bicyclic) bond motifs is 1. The minimum absolute atomic E-state index is 0.00584. The summed E-state index contributed by atoms with van der Waals surface area (Å²) < 4.78 is 1.49. The van der Waals surface area contributed by atoms with Gasteiger partial charge in [0.05, 0.1) is 5.56 Å². The zero-order valence-corrected chi connectivity index (χ0v) is 14.2. The smallest absolute Gasteiger partial charge is 0.275 e. The Morgan fingerprint density at radius 2 is 2.20 bits per heavy atom. The Bertz CT molecular complexity index is 1010. The van der Waals surface area contributed by atoms with Gasteiger partial charge in [-0.15, -0.1) is 0 Å². The van der Waals surface area contributed by atoms with E-state index in [1.54, 1.807) is 31.5 Å². The van der Waals surface area contributed by atoms with Crippen molar-refractivity contribution in [3.63, 3.8) is 0 Å². The highest BCUT2D eigenvalue weighted by Crippen LogP contribution is 2.27. The van der Waals surface area contributed by atoms with Crippen molar-refractivity contribution in [2.24, 2.45) is 0 Å². The third-order valence-electron chi connectivity index (χ3n) is 4.93. The topological polar surface area (TPSA) is 83.4 Å². The predicted molar refractivity (Wildman–Crippen MR) is 92.8 cm³/mol. The minimum Gasteiger partial charge on any atom is -0.338 e. The molecule has 1 aliphatic rings. The molecule has 0 unspecified atom stereocenters. The molecule has 0 spiro atoms. The Hall–Kier alpha value is -2.96. The Labute approximate surface area is 144 Å². The molecule has 1 N–H and O–H groups in total. The van der Waals surface area contributed by atoms with Crippen LogP contribution in [0.3, 0.4) is 0 Å². The van der Waals surface area contributed by atoms with Gasteiger partial charge in [0.25, 0.3) is 11.5 Å². The van der Waals surface area contributed by atoms with Crippen molar-refractivity contribution in [1.82, 2.24) is 24.5 Å². The van der Waals surface area contributed by atoms with Gasteiger partial charge in [-0.3, -0.25) is 19.7 Å². The summed E-state index contributed by atoms with van der Waals surface area (Å²) in [6.45, 7) is 4.93. The number of nitrogens with one attached hydrogen (secondary N) is 1. The lowest BCUT2D eigenvalue weighted by Gasteiger charge is -2.15. The molecule has 3 aromatic heterocycles. The van der Waals surface area contributed by atoms with Crippen LogP contribution in [0.2, 0.25) is 0 Å². The average Bonchev–Trinajstić information content (AvgIpc) is 3.27. The maximum Gasteiger partial charge on any atom is 0.275 e. The standard InChI is InChI=1S/C18H19N5O2/c1-11-12(2)20-16-8-15(21-23(16)17(11)24)14-5-7-22(10-14)18(25)13-4-3-6-19-9-13/h3-4,6,8-9,14,21H,5,7,10H2,1-2H3/t14-/m1/s1. The van der Waals surface area contributed by atoms with Crippen molar-refractivity contribution in [3.8, 4) is 0 Å². The normalized spacial score (nSPS) is 17.4. The number of rotatable bonds is 2. The molecule has 3 aromatic rings. The van der Waals surface area contributed by atoms with Gasteiger partial charge in [-0.25, -0.2) is 9.50 Å². The number of hydrogen-bond acceptors (Lipinski definition) is 4. The summed E-state index contributed by atoms with van der Waals surface area (Å²) in [5.41, 5.74) is 3.48. The number of aromatic amines is 1. The number of aryl methyl sites for hydroxylation is 1. The van der Waals surface area contributed by atoms with E-state index in [1.807, 2.05) is 17.9 Å². The first kappa shape index (κ1) is 15.6. The number of amides is 1. The summed E-state index contributed by atoms with van der Waals surface area (Å²) in [4.78, 5) is 35.2. The van der Waals surface area contributed by atoms with E-state index in [0.717, 1.165) is 17.8 Å². The lowest BCUT2D eigenvalue weighted by atomic mass is 10.1. The Balaban J connectivity index is 1.60. The number of aromatic nitrogens is 4. The first-order valence-electron chi connectivity index (χ1n) is 8.33. The molecule has 0 radical (unpaired) electrons. The molecule has 7 nitrogen and oxygen atoms in total. The second-order valence-corrected chi connectivity index (χ2v) is 6.51. The summed E-state index contributed by atoms with van der Waals surface area (Å²) in [7, 11) is 0. The van der Waals surface area contributed by atoms with Crippen LogP contribution in [-0.4, -0.2) is 43.5 Å². The monoisotopic (exact) mass is 337 g/mol. The number of hydrogen-bond donors (Lipinski definition) is 1. The highest BCUT2D eigenvalue weighted by molar-refractivity contribution is 5.94. The second-order valence-electron chi connectivity index (χ2n) is 6.51. The zero-order valence-electron chi connectivity index (χ0n) is 14.2. The van der Waals surface area contributed by atoms with Crippen LogP contribution >= 0.6 is 0 Å². The second kappa shape index (κ2) is 5.84. The van der Waals surface area contributed by atoms with Gasteiger partial charge in [-0.1, -0.05) is 0 Å². The van der Waals surface area contributed by atoms with E-state index in [9.17, 15) is 9.59 Å². The molecule has 7 heteroatoms. The van der Waals surface area contributed by atoms with E-state index in [-0.39, 0.29) is 17.4 Å². The van der Waals surface area contributed by atoms with Gasteiger partial charge in [0.2, 0.25) is 0 Å². The Morgan fingerprint density at radius 3 is 2.96 bits per heavy atom. The van der Waals surface area contributed by atoms with E-state index in [4.69, 9.17) is 0 Å². The Morgan fingerprint density at radius 1 is 1.36 bits per heavy atom. The molecular weight excluding hydrogens is 318 g/mol. The van der Waals surface area contributed by atoms with Gasteiger partial charge < -0.3 is 4.90 Å². The maximum absolute atomic E-state index is 12.5. The summed E-state index contributed by atoms with van der Waals surface area (Å²) in [6, 6.07) is 5.46. The summed E-state index contributed by atoms with van der Waals surface area (Å²) in [5.74, 6) is 0.163. The van der Waals surface area contributed by atoms with Crippen LogP contribution in [0, 0.1) is 13.8 Å². The van der Waals surface area contributed by atoms with Crippen LogP contribution in [0.5, 0.6) is 0 Å². The molecule has 1 atom stereocenters. The number of pyridine rings is 1. The van der Waals surface area contributed by atoms with Crippen LogP contribution in [-0.2, 0) is 0 Å². The molecule has 1 amide bonds. The van der Waals surface area contributed by atoms with Gasteiger partial charge in [0.1, 0.15) is 0 Å². The summed E-state index contributed by atoms with van der Waals surface area (Å²) >= 11 is 0. The third-order valence-corrected chi connectivity index (χ3v) is 4.93. The largest absolute Gasteiger partial charge is 0.338 e. The quantitative estimate of drug-likeness (QED) is 0.771.